The van der Waals surface area contributed by atoms with E-state index in [1.165, 1.54) is 24.3 Å². The highest BCUT2D eigenvalue weighted by molar-refractivity contribution is 6.09. The van der Waals surface area contributed by atoms with Gasteiger partial charge in [0.15, 0.2) is 0 Å². The van der Waals surface area contributed by atoms with Gasteiger partial charge in [0.25, 0.3) is 5.91 Å². The average Bonchev–Trinajstić information content (AvgIpc) is 3.31. The van der Waals surface area contributed by atoms with Gasteiger partial charge in [-0.05, 0) is 104 Å². The number of fused-ring (bicyclic) bond motifs is 1. The summed E-state index contributed by atoms with van der Waals surface area (Å²) < 4.78 is 24.8. The number of nitrogens with zero attached hydrogens (tertiary/aromatic N) is 2. The Morgan fingerprint density at radius 1 is 0.946 bits per heavy atom. The molecule has 0 spiro atoms. The van der Waals surface area contributed by atoms with Crippen LogP contribution < -0.4 is 9.47 Å². The van der Waals surface area contributed by atoms with E-state index in [0.717, 1.165) is 53.2 Å². The molecule has 0 saturated heterocycles. The Morgan fingerprint density at radius 3 is 2.19 bits per heavy atom. The van der Waals surface area contributed by atoms with Gasteiger partial charge in [-0.2, -0.15) is 5.10 Å². The maximum absolute atomic E-state index is 13.7. The summed E-state index contributed by atoms with van der Waals surface area (Å²) in [5.74, 6) is 1.10. The van der Waals surface area contributed by atoms with E-state index in [1.807, 2.05) is 62.4 Å². The lowest BCUT2D eigenvalue weighted by Crippen LogP contribution is -2.31. The third kappa shape index (κ3) is 5.29. The van der Waals surface area contributed by atoms with Crippen LogP contribution in [0.25, 0.3) is 6.08 Å². The second kappa shape index (κ2) is 11.0. The highest BCUT2D eigenvalue weighted by atomic mass is 19.1. The number of allylic oxidation sites excluding steroid dienone is 1. The lowest BCUT2D eigenvalue weighted by atomic mass is 9.77. The number of rotatable bonds is 7. The van der Waals surface area contributed by atoms with E-state index in [4.69, 9.17) is 14.6 Å². The Balaban J connectivity index is 1.52. The fraction of sp³-hybridized carbons (Fsp3) is 0.290. The fourth-order valence-corrected chi connectivity index (χ4v) is 5.18. The summed E-state index contributed by atoms with van der Waals surface area (Å²) in [5.41, 5.74) is 4.59. The molecule has 2 aliphatic rings. The van der Waals surface area contributed by atoms with Crippen molar-refractivity contribution in [1.29, 1.82) is 0 Å². The quantitative estimate of drug-likeness (QED) is 0.350. The van der Waals surface area contributed by atoms with E-state index in [9.17, 15) is 9.18 Å². The van der Waals surface area contributed by atoms with Crippen LogP contribution in [0.4, 0.5) is 4.39 Å². The van der Waals surface area contributed by atoms with Crippen LogP contribution in [-0.2, 0) is 0 Å². The van der Waals surface area contributed by atoms with E-state index in [2.05, 4.69) is 6.08 Å². The molecule has 1 fully saturated rings. The smallest absolute Gasteiger partial charge is 0.274 e. The molecular formula is C31H31FN2O3. The van der Waals surface area contributed by atoms with Crippen molar-refractivity contribution in [3.05, 3.63) is 101 Å². The average molecular weight is 499 g/mol. The molecule has 1 aliphatic heterocycles. The van der Waals surface area contributed by atoms with Crippen LogP contribution >= 0.6 is 0 Å². The highest BCUT2D eigenvalue weighted by Gasteiger charge is 2.44. The molecule has 0 radical (unpaired) electrons. The molecule has 0 aromatic heterocycles. The van der Waals surface area contributed by atoms with Crippen molar-refractivity contribution in [2.24, 2.45) is 11.0 Å². The van der Waals surface area contributed by atoms with Gasteiger partial charge in [0.1, 0.15) is 17.3 Å². The van der Waals surface area contributed by atoms with Gasteiger partial charge in [0, 0.05) is 11.5 Å². The molecular weight excluding hydrogens is 467 g/mol. The number of hydrogen-bond acceptors (Lipinski definition) is 4. The van der Waals surface area contributed by atoms with Gasteiger partial charge in [-0.25, -0.2) is 9.40 Å². The van der Waals surface area contributed by atoms with Gasteiger partial charge >= 0.3 is 0 Å². The summed E-state index contributed by atoms with van der Waals surface area (Å²) in [6, 6.07) is 21.4. The SMILES string of the molecule is CCOc1ccc(/C=C2\CCC[C@H]3C2=NN(C(=O)c2ccc(F)cc2)[C@@H]3c2ccc(OCC)cc2)cc1. The molecule has 1 saturated carbocycles. The maximum Gasteiger partial charge on any atom is 0.274 e. The maximum atomic E-state index is 13.7. The molecule has 2 atom stereocenters. The zero-order chi connectivity index (χ0) is 25.8. The van der Waals surface area contributed by atoms with Gasteiger partial charge in [-0.15, -0.1) is 0 Å². The summed E-state index contributed by atoms with van der Waals surface area (Å²) in [4.78, 5) is 13.7. The number of ether oxygens (including phenoxy) is 2. The van der Waals surface area contributed by atoms with Gasteiger partial charge in [0.2, 0.25) is 0 Å². The van der Waals surface area contributed by atoms with Gasteiger partial charge < -0.3 is 9.47 Å². The van der Waals surface area contributed by atoms with E-state index < -0.39 is 0 Å². The minimum Gasteiger partial charge on any atom is -0.494 e. The Labute approximate surface area is 217 Å². The lowest BCUT2D eigenvalue weighted by molar-refractivity contribution is 0.0681. The topological polar surface area (TPSA) is 51.1 Å². The van der Waals surface area contributed by atoms with Gasteiger partial charge in [-0.1, -0.05) is 24.3 Å². The van der Waals surface area contributed by atoms with Crippen LogP contribution in [0.2, 0.25) is 0 Å². The summed E-state index contributed by atoms with van der Waals surface area (Å²) >= 11 is 0. The third-order valence-electron chi connectivity index (χ3n) is 6.87. The molecule has 5 nitrogen and oxygen atoms in total. The number of halogens is 1. The van der Waals surface area contributed by atoms with Crippen LogP contribution in [0.3, 0.4) is 0 Å². The van der Waals surface area contributed by atoms with Crippen LogP contribution in [0, 0.1) is 11.7 Å². The first-order valence-corrected chi connectivity index (χ1v) is 12.9. The number of benzene rings is 3. The fourth-order valence-electron chi connectivity index (χ4n) is 5.18. The van der Waals surface area contributed by atoms with Crippen molar-refractivity contribution in [3.8, 4) is 11.5 Å². The Bertz CT molecular complexity index is 1300. The largest absolute Gasteiger partial charge is 0.494 e. The van der Waals surface area contributed by atoms with E-state index in [0.29, 0.717) is 18.8 Å². The van der Waals surface area contributed by atoms with Crippen LogP contribution in [0.1, 0.15) is 60.6 Å². The van der Waals surface area contributed by atoms with Crippen molar-refractivity contribution in [2.45, 2.75) is 39.2 Å². The second-order valence-electron chi connectivity index (χ2n) is 9.26. The number of carbonyl (C=O) groups is 1. The zero-order valence-electron chi connectivity index (χ0n) is 21.2. The van der Waals surface area contributed by atoms with Crippen molar-refractivity contribution in [1.82, 2.24) is 5.01 Å². The molecule has 0 bridgehead atoms. The zero-order valence-corrected chi connectivity index (χ0v) is 21.2. The van der Waals surface area contributed by atoms with E-state index in [-0.39, 0.29) is 23.7 Å². The number of carbonyl (C=O) groups excluding carboxylic acids is 1. The summed E-state index contributed by atoms with van der Waals surface area (Å²) in [6.07, 6.45) is 5.02. The highest BCUT2D eigenvalue weighted by Crippen LogP contribution is 2.45. The van der Waals surface area contributed by atoms with Gasteiger partial charge in [-0.3, -0.25) is 4.79 Å². The third-order valence-corrected chi connectivity index (χ3v) is 6.87. The minimum atomic E-state index is -0.374. The predicted molar refractivity (Wildman–Crippen MR) is 143 cm³/mol. The number of hydrazone groups is 1. The minimum absolute atomic E-state index is 0.0741. The molecule has 37 heavy (non-hydrogen) atoms. The molecule has 3 aromatic rings. The normalized spacial score (nSPS) is 19.9. The molecule has 6 heteroatoms. The van der Waals surface area contributed by atoms with Crippen LogP contribution in [-0.4, -0.2) is 29.8 Å². The number of hydrogen-bond donors (Lipinski definition) is 0. The molecule has 1 amide bonds. The summed E-state index contributed by atoms with van der Waals surface area (Å²) in [7, 11) is 0. The predicted octanol–water partition coefficient (Wildman–Crippen LogP) is 7.06. The lowest BCUT2D eigenvalue weighted by Gasteiger charge is -2.29. The first-order chi connectivity index (χ1) is 18.1. The van der Waals surface area contributed by atoms with Crippen molar-refractivity contribution < 1.29 is 18.7 Å². The Kier molecular flexibility index (Phi) is 7.35. The first kappa shape index (κ1) is 24.8. The first-order valence-electron chi connectivity index (χ1n) is 12.9. The molecule has 1 aliphatic carbocycles. The summed E-state index contributed by atoms with van der Waals surface area (Å²) in [5, 5.41) is 6.53. The summed E-state index contributed by atoms with van der Waals surface area (Å²) in [6.45, 7) is 5.14. The van der Waals surface area contributed by atoms with Crippen LogP contribution in [0.5, 0.6) is 11.5 Å². The van der Waals surface area contributed by atoms with Crippen molar-refractivity contribution in [3.63, 3.8) is 0 Å². The molecule has 1 heterocycles. The van der Waals surface area contributed by atoms with E-state index >= 15 is 0 Å². The van der Waals surface area contributed by atoms with Gasteiger partial charge in [0.05, 0.1) is 25.0 Å². The Morgan fingerprint density at radius 2 is 1.57 bits per heavy atom. The molecule has 5 rings (SSSR count). The molecule has 3 aromatic carbocycles. The molecule has 190 valence electrons. The number of amides is 1. The Hall–Kier alpha value is -3.93. The second-order valence-corrected chi connectivity index (χ2v) is 9.26. The van der Waals surface area contributed by atoms with Crippen LogP contribution in [0.15, 0.2) is 83.5 Å². The van der Waals surface area contributed by atoms with Crippen molar-refractivity contribution in [2.75, 3.05) is 13.2 Å². The molecule has 0 N–H and O–H groups in total. The standard InChI is InChI=1S/C31H31FN2O3/c1-3-36-26-16-8-21(9-17-26)20-24-6-5-7-28-29(24)33-34(31(35)23-10-14-25(32)15-11-23)30(28)22-12-18-27(19-13-22)37-4-2/h8-20,28,30H,3-7H2,1-2H3/b24-20+/t28-,30+/m0/s1. The van der Waals surface area contributed by atoms with E-state index in [1.54, 1.807) is 5.01 Å². The van der Waals surface area contributed by atoms with Crippen molar-refractivity contribution >= 4 is 17.7 Å². The monoisotopic (exact) mass is 498 g/mol. The molecule has 0 unspecified atom stereocenters.